The number of allylic oxidation sites excluding steroid dienone is 2. The molecule has 0 saturated carbocycles. The fraction of sp³-hybridized carbons (Fsp3) is 0.833. The van der Waals surface area contributed by atoms with E-state index in [9.17, 15) is 24.9 Å². The molecule has 8 heteroatoms. The molecule has 0 amide bonds. The molecule has 4 N–H and O–H groups in total. The molecule has 0 aliphatic heterocycles. The van der Waals surface area contributed by atoms with E-state index in [1.807, 2.05) is 0 Å². The fourth-order valence-electron chi connectivity index (χ4n) is 3.15. The zero-order chi connectivity index (χ0) is 24.2. The summed E-state index contributed by atoms with van der Waals surface area (Å²) in [4.78, 5) is 32.0. The van der Waals surface area contributed by atoms with Crippen molar-refractivity contribution in [3.05, 3.63) is 12.2 Å². The maximum absolute atomic E-state index is 11.7. The molecule has 188 valence electrons. The zero-order valence-electron chi connectivity index (χ0n) is 19.8. The molecule has 0 rings (SSSR count). The summed E-state index contributed by atoms with van der Waals surface area (Å²) in [7, 11) is 0. The molecule has 0 heterocycles. The number of unbranched alkanes of at least 4 members (excludes halogenated alkanes) is 11. The second kappa shape index (κ2) is 19.0. The van der Waals surface area contributed by atoms with Crippen molar-refractivity contribution in [1.82, 2.24) is 0 Å². The maximum Gasteiger partial charge on any atom is 0.389 e. The topological polar surface area (TPSA) is 134 Å². The highest BCUT2D eigenvalue weighted by molar-refractivity contribution is 5.80. The summed E-state index contributed by atoms with van der Waals surface area (Å²) in [6.45, 7) is 2.25. The third-order valence-electron chi connectivity index (χ3n) is 5.39. The minimum atomic E-state index is -2.54. The molecule has 0 aromatic rings. The number of hydrogen-bond donors (Lipinski definition) is 4. The first-order valence-electron chi connectivity index (χ1n) is 12.0. The van der Waals surface area contributed by atoms with Gasteiger partial charge in [-0.3, -0.25) is 0 Å². The molecule has 0 aliphatic carbocycles. The maximum atomic E-state index is 11.7. The lowest BCUT2D eigenvalue weighted by molar-refractivity contribution is -0.276. The van der Waals surface area contributed by atoms with Gasteiger partial charge in [-0.2, -0.15) is 0 Å². The molecule has 0 aromatic heterocycles. The summed E-state index contributed by atoms with van der Waals surface area (Å²) >= 11 is 0. The number of carbonyl (C=O) groups is 2. The normalized spacial score (nSPS) is 15.3. The Morgan fingerprint density at radius 2 is 1.34 bits per heavy atom. The number of hydrogen-bond acceptors (Lipinski definition) is 8. The highest BCUT2D eigenvalue weighted by Crippen LogP contribution is 2.16. The number of aliphatic hydroxyl groups excluding tert-OH is 3. The van der Waals surface area contributed by atoms with Crippen LogP contribution in [0, 0.1) is 0 Å². The predicted molar refractivity (Wildman–Crippen MR) is 121 cm³/mol. The Bertz CT molecular complexity index is 518. The molecular weight excluding hydrogens is 416 g/mol. The van der Waals surface area contributed by atoms with E-state index >= 15 is 0 Å². The van der Waals surface area contributed by atoms with Crippen LogP contribution in [0.15, 0.2) is 12.2 Å². The Hall–Kier alpha value is -1.48. The third kappa shape index (κ3) is 14.6. The van der Waals surface area contributed by atoms with Gasteiger partial charge in [0.25, 0.3) is 0 Å². The van der Waals surface area contributed by atoms with Crippen molar-refractivity contribution in [2.45, 2.75) is 122 Å². The van der Waals surface area contributed by atoms with Gasteiger partial charge in [-0.15, -0.1) is 0 Å². The highest BCUT2D eigenvalue weighted by atomic mass is 17.2. The van der Waals surface area contributed by atoms with Crippen LogP contribution in [0.3, 0.4) is 0 Å². The zero-order valence-corrected chi connectivity index (χ0v) is 19.8. The summed E-state index contributed by atoms with van der Waals surface area (Å²) in [5.74, 6) is -2.20. The molecule has 0 radical (unpaired) electrons. The summed E-state index contributed by atoms with van der Waals surface area (Å²) in [6, 6.07) is 0. The molecule has 0 aliphatic rings. The van der Waals surface area contributed by atoms with Crippen LogP contribution in [0.1, 0.15) is 104 Å². The summed E-state index contributed by atoms with van der Waals surface area (Å²) in [5, 5.41) is 37.6. The van der Waals surface area contributed by atoms with Crippen molar-refractivity contribution in [2.24, 2.45) is 0 Å². The van der Waals surface area contributed by atoms with E-state index in [2.05, 4.69) is 28.9 Å². The molecule has 0 spiro atoms. The lowest BCUT2D eigenvalue weighted by Crippen LogP contribution is -2.54. The third-order valence-corrected chi connectivity index (χ3v) is 5.39. The van der Waals surface area contributed by atoms with Crippen molar-refractivity contribution in [1.29, 1.82) is 0 Å². The molecule has 3 unspecified atom stereocenters. The average Bonchev–Trinajstić information content (AvgIpc) is 2.78. The Labute approximate surface area is 192 Å². The Morgan fingerprint density at radius 1 is 0.844 bits per heavy atom. The van der Waals surface area contributed by atoms with Crippen molar-refractivity contribution >= 4 is 11.9 Å². The lowest BCUT2D eigenvalue weighted by atomic mass is 9.95. The average molecular weight is 461 g/mol. The minimum Gasteiger partial charge on any atom is -0.394 e. The van der Waals surface area contributed by atoms with E-state index in [4.69, 9.17) is 5.11 Å². The SMILES string of the molecule is CCCCCCCC/C=C\CCCCCCCC(=O)OOC(=O)C(C)(O)C(O)C(O)CO. The molecular formula is C24H44O8. The van der Waals surface area contributed by atoms with Gasteiger partial charge in [0.1, 0.15) is 12.2 Å². The van der Waals surface area contributed by atoms with Crippen LogP contribution in [-0.2, 0) is 19.4 Å². The van der Waals surface area contributed by atoms with Gasteiger partial charge in [0.15, 0.2) is 5.60 Å². The van der Waals surface area contributed by atoms with Crippen molar-refractivity contribution < 1.29 is 39.8 Å². The smallest absolute Gasteiger partial charge is 0.389 e. The number of carbonyl (C=O) groups excluding carboxylic acids is 2. The van der Waals surface area contributed by atoms with Gasteiger partial charge in [0.05, 0.1) is 13.0 Å². The van der Waals surface area contributed by atoms with E-state index in [1.165, 1.54) is 38.5 Å². The first-order chi connectivity index (χ1) is 15.3. The van der Waals surface area contributed by atoms with Gasteiger partial charge >= 0.3 is 11.9 Å². The molecule has 8 nitrogen and oxygen atoms in total. The van der Waals surface area contributed by atoms with Crippen LogP contribution in [0.25, 0.3) is 0 Å². The van der Waals surface area contributed by atoms with Gasteiger partial charge in [0.2, 0.25) is 0 Å². The predicted octanol–water partition coefficient (Wildman–Crippen LogP) is 3.49. The number of aliphatic hydroxyl groups is 4. The monoisotopic (exact) mass is 460 g/mol. The van der Waals surface area contributed by atoms with Gasteiger partial charge in [-0.1, -0.05) is 70.4 Å². The van der Waals surface area contributed by atoms with Crippen molar-refractivity contribution in [3.8, 4) is 0 Å². The lowest BCUT2D eigenvalue weighted by Gasteiger charge is -2.28. The van der Waals surface area contributed by atoms with Crippen molar-refractivity contribution in [3.63, 3.8) is 0 Å². The quantitative estimate of drug-likeness (QED) is 0.0996. The first kappa shape index (κ1) is 30.5. The minimum absolute atomic E-state index is 0.0649. The standard InChI is InChI=1S/C24H44O8/c1-3-4-5-6-7-8-9-10-11-12-13-14-15-16-17-18-21(27)31-32-23(29)24(2,30)22(28)20(26)19-25/h10-11,20,22,25-26,28,30H,3-9,12-19H2,1-2H3/b11-10-. The van der Waals surface area contributed by atoms with Gasteiger partial charge in [0, 0.05) is 0 Å². The summed E-state index contributed by atoms with van der Waals surface area (Å²) in [5.41, 5.74) is -2.54. The van der Waals surface area contributed by atoms with E-state index in [1.54, 1.807) is 0 Å². The van der Waals surface area contributed by atoms with Gasteiger partial charge < -0.3 is 20.4 Å². The Kier molecular flexibility index (Phi) is 18.2. The van der Waals surface area contributed by atoms with Crippen LogP contribution >= 0.6 is 0 Å². The number of rotatable bonds is 19. The van der Waals surface area contributed by atoms with E-state index < -0.39 is 36.4 Å². The van der Waals surface area contributed by atoms with E-state index in [0.29, 0.717) is 6.42 Å². The Balaban J connectivity index is 3.68. The largest absolute Gasteiger partial charge is 0.394 e. The van der Waals surface area contributed by atoms with E-state index in [-0.39, 0.29) is 6.42 Å². The van der Waals surface area contributed by atoms with Crippen LogP contribution in [0.5, 0.6) is 0 Å². The van der Waals surface area contributed by atoms with E-state index in [0.717, 1.165) is 45.4 Å². The second-order valence-electron chi connectivity index (χ2n) is 8.50. The molecule has 0 bridgehead atoms. The Morgan fingerprint density at radius 3 is 1.88 bits per heavy atom. The summed E-state index contributed by atoms with van der Waals surface area (Å²) in [6.07, 6.45) is 15.6. The van der Waals surface area contributed by atoms with Gasteiger partial charge in [-0.05, 0) is 39.0 Å². The van der Waals surface area contributed by atoms with Crippen LogP contribution < -0.4 is 0 Å². The first-order valence-corrected chi connectivity index (χ1v) is 12.0. The fourth-order valence-corrected chi connectivity index (χ4v) is 3.15. The second-order valence-corrected chi connectivity index (χ2v) is 8.50. The molecule has 0 saturated heterocycles. The molecule has 0 aromatic carbocycles. The molecule has 32 heavy (non-hydrogen) atoms. The highest BCUT2D eigenvalue weighted by Gasteiger charge is 2.45. The van der Waals surface area contributed by atoms with Gasteiger partial charge in [-0.25, -0.2) is 19.4 Å². The molecule has 3 atom stereocenters. The van der Waals surface area contributed by atoms with Crippen LogP contribution in [-0.4, -0.2) is 56.8 Å². The van der Waals surface area contributed by atoms with Crippen molar-refractivity contribution in [2.75, 3.05) is 6.61 Å². The van der Waals surface area contributed by atoms with Crippen LogP contribution in [0.2, 0.25) is 0 Å². The van der Waals surface area contributed by atoms with Crippen LogP contribution in [0.4, 0.5) is 0 Å². The summed E-state index contributed by atoms with van der Waals surface area (Å²) < 4.78 is 0. The molecule has 0 fully saturated rings.